The molecule has 0 fully saturated rings. The molecular formula is C25H33N3O3. The predicted molar refractivity (Wildman–Crippen MR) is 123 cm³/mol. The number of nitrogens with zero attached hydrogens (tertiary/aromatic N) is 3. The van der Waals surface area contributed by atoms with Gasteiger partial charge in [0.05, 0.1) is 5.56 Å². The van der Waals surface area contributed by atoms with E-state index in [9.17, 15) is 14.7 Å². The molecule has 6 heteroatoms. The highest BCUT2D eigenvalue weighted by Crippen LogP contribution is 2.27. The van der Waals surface area contributed by atoms with Crippen molar-refractivity contribution in [1.82, 2.24) is 9.88 Å². The largest absolute Gasteiger partial charge is 0.478 e. The molecule has 3 rings (SSSR count). The maximum atomic E-state index is 13.4. The first kappa shape index (κ1) is 22.9. The second kappa shape index (κ2) is 11.6. The summed E-state index contributed by atoms with van der Waals surface area (Å²) in [6.45, 7) is 5.43. The fraction of sp³-hybridized carbons (Fsp3) is 0.480. The van der Waals surface area contributed by atoms with Crippen molar-refractivity contribution in [3.63, 3.8) is 0 Å². The van der Waals surface area contributed by atoms with Crippen molar-refractivity contribution in [2.75, 3.05) is 24.5 Å². The molecule has 6 nitrogen and oxygen atoms in total. The minimum atomic E-state index is -0.943. The Bertz CT molecular complexity index is 870. The predicted octanol–water partition coefficient (Wildman–Crippen LogP) is 4.99. The van der Waals surface area contributed by atoms with E-state index in [2.05, 4.69) is 16.8 Å². The number of hydrogen-bond donors (Lipinski definition) is 1. The molecule has 1 aliphatic heterocycles. The van der Waals surface area contributed by atoms with E-state index < -0.39 is 5.97 Å². The summed E-state index contributed by atoms with van der Waals surface area (Å²) in [5, 5.41) is 9.55. The molecule has 1 aromatic carbocycles. The molecule has 0 radical (unpaired) electrons. The molecule has 1 aliphatic rings. The summed E-state index contributed by atoms with van der Waals surface area (Å²) in [5.74, 6) is -1.01. The summed E-state index contributed by atoms with van der Waals surface area (Å²) in [6, 6.07) is 8.63. The second-order valence-electron chi connectivity index (χ2n) is 8.24. The number of pyridine rings is 1. The highest BCUT2D eigenvalue weighted by Gasteiger charge is 2.22. The number of hydrogen-bond acceptors (Lipinski definition) is 4. The summed E-state index contributed by atoms with van der Waals surface area (Å²) in [5.41, 5.74) is 2.57. The molecule has 2 heterocycles. The number of carboxylic acid groups (broad SMARTS) is 1. The van der Waals surface area contributed by atoms with Gasteiger partial charge < -0.3 is 10.0 Å². The zero-order chi connectivity index (χ0) is 22.1. The van der Waals surface area contributed by atoms with Crippen LogP contribution in [0.4, 0.5) is 5.69 Å². The number of carbonyl (C=O) groups is 2. The van der Waals surface area contributed by atoms with Crippen LogP contribution in [-0.4, -0.2) is 46.5 Å². The third kappa shape index (κ3) is 6.37. The Hall–Kier alpha value is -2.73. The van der Waals surface area contributed by atoms with Crippen LogP contribution >= 0.6 is 0 Å². The van der Waals surface area contributed by atoms with Gasteiger partial charge in [-0.2, -0.15) is 0 Å². The van der Waals surface area contributed by atoms with Gasteiger partial charge in [0, 0.05) is 36.7 Å². The number of aromatic carboxylic acids is 1. The van der Waals surface area contributed by atoms with Crippen LogP contribution in [0.5, 0.6) is 0 Å². The van der Waals surface area contributed by atoms with Gasteiger partial charge in [0.2, 0.25) is 0 Å². The quantitative estimate of drug-likeness (QED) is 0.733. The Morgan fingerprint density at radius 3 is 2.39 bits per heavy atom. The van der Waals surface area contributed by atoms with Crippen LogP contribution in [0, 0.1) is 0 Å². The minimum absolute atomic E-state index is 0.0658. The third-order valence-corrected chi connectivity index (χ3v) is 5.87. The molecule has 0 unspecified atom stereocenters. The topological polar surface area (TPSA) is 73.7 Å². The highest BCUT2D eigenvalue weighted by molar-refractivity contribution is 6.06. The van der Waals surface area contributed by atoms with Crippen molar-refractivity contribution in [3.8, 4) is 0 Å². The smallest absolute Gasteiger partial charge is 0.335 e. The van der Waals surface area contributed by atoms with Gasteiger partial charge in [-0.05, 0) is 68.2 Å². The van der Waals surface area contributed by atoms with Gasteiger partial charge in [0.1, 0.15) is 0 Å². The molecule has 0 bridgehead atoms. The summed E-state index contributed by atoms with van der Waals surface area (Å²) in [6.07, 6.45) is 11.0. The molecule has 0 spiro atoms. The molecule has 0 saturated carbocycles. The minimum Gasteiger partial charge on any atom is -0.478 e. The number of amides is 1. The van der Waals surface area contributed by atoms with E-state index >= 15 is 0 Å². The van der Waals surface area contributed by atoms with E-state index in [1.807, 2.05) is 11.0 Å². The lowest BCUT2D eigenvalue weighted by Crippen LogP contribution is -2.34. The van der Waals surface area contributed by atoms with Gasteiger partial charge in [0.15, 0.2) is 0 Å². The summed E-state index contributed by atoms with van der Waals surface area (Å²) in [7, 11) is 0. The molecule has 0 atom stereocenters. The molecule has 0 saturated heterocycles. The monoisotopic (exact) mass is 423 g/mol. The number of fused-ring (bicyclic) bond motifs is 1. The highest BCUT2D eigenvalue weighted by atomic mass is 16.4. The van der Waals surface area contributed by atoms with Crippen molar-refractivity contribution in [1.29, 1.82) is 0 Å². The Balaban J connectivity index is 2.02. The average molecular weight is 424 g/mol. The maximum Gasteiger partial charge on any atom is 0.335 e. The van der Waals surface area contributed by atoms with E-state index in [1.54, 1.807) is 36.7 Å². The van der Waals surface area contributed by atoms with Gasteiger partial charge in [-0.25, -0.2) is 4.79 Å². The van der Waals surface area contributed by atoms with Gasteiger partial charge in [-0.1, -0.05) is 32.6 Å². The summed E-state index contributed by atoms with van der Waals surface area (Å²) in [4.78, 5) is 33.3. The number of carboxylic acids is 1. The van der Waals surface area contributed by atoms with Crippen molar-refractivity contribution in [2.45, 2.75) is 58.4 Å². The average Bonchev–Trinajstić information content (AvgIpc) is 2.78. The van der Waals surface area contributed by atoms with Crippen LogP contribution in [0.3, 0.4) is 0 Å². The zero-order valence-corrected chi connectivity index (χ0v) is 18.4. The van der Waals surface area contributed by atoms with Crippen LogP contribution in [0.25, 0.3) is 0 Å². The number of anilines is 1. The fourth-order valence-electron chi connectivity index (χ4n) is 4.12. The van der Waals surface area contributed by atoms with Crippen molar-refractivity contribution in [3.05, 3.63) is 59.4 Å². The van der Waals surface area contributed by atoms with E-state index in [4.69, 9.17) is 0 Å². The van der Waals surface area contributed by atoms with Crippen molar-refractivity contribution in [2.24, 2.45) is 0 Å². The third-order valence-electron chi connectivity index (χ3n) is 5.87. The summed E-state index contributed by atoms with van der Waals surface area (Å²) < 4.78 is 0. The normalized spacial score (nSPS) is 16.1. The molecule has 2 aromatic rings. The molecule has 1 N–H and O–H groups in total. The fourth-order valence-corrected chi connectivity index (χ4v) is 4.12. The number of rotatable bonds is 5. The van der Waals surface area contributed by atoms with E-state index in [-0.39, 0.29) is 11.5 Å². The molecule has 0 aliphatic carbocycles. The molecule has 31 heavy (non-hydrogen) atoms. The van der Waals surface area contributed by atoms with Crippen LogP contribution in [0.2, 0.25) is 0 Å². The number of benzene rings is 1. The van der Waals surface area contributed by atoms with Crippen LogP contribution < -0.4 is 4.90 Å². The zero-order valence-electron chi connectivity index (χ0n) is 18.4. The van der Waals surface area contributed by atoms with Crippen LogP contribution in [-0.2, 0) is 6.54 Å². The van der Waals surface area contributed by atoms with Crippen molar-refractivity contribution >= 4 is 17.6 Å². The maximum absolute atomic E-state index is 13.4. The van der Waals surface area contributed by atoms with Gasteiger partial charge >= 0.3 is 5.97 Å². The molecular weight excluding hydrogens is 390 g/mol. The van der Waals surface area contributed by atoms with Crippen molar-refractivity contribution < 1.29 is 14.7 Å². The first-order valence-electron chi connectivity index (χ1n) is 11.4. The lowest BCUT2D eigenvalue weighted by molar-refractivity contribution is 0.0696. The number of aromatic nitrogens is 1. The standard InChI is InChI=1S/C25H33N3O3/c1-2-3-15-27-16-7-5-4-6-8-17-28(24(29)20-11-13-26-14-12-20)23-10-9-21(25(30)31)18-22(23)19-27/h9-14,18H,2-8,15-17,19H2,1H3,(H,30,31). The van der Waals surface area contributed by atoms with E-state index in [0.29, 0.717) is 18.7 Å². The Morgan fingerprint density at radius 1 is 0.968 bits per heavy atom. The van der Waals surface area contributed by atoms with Crippen LogP contribution in [0.15, 0.2) is 42.7 Å². The van der Waals surface area contributed by atoms with E-state index in [1.165, 1.54) is 12.8 Å². The van der Waals surface area contributed by atoms with Gasteiger partial charge in [0.25, 0.3) is 5.91 Å². The lowest BCUT2D eigenvalue weighted by Gasteiger charge is -2.29. The van der Waals surface area contributed by atoms with Gasteiger partial charge in [-0.15, -0.1) is 0 Å². The Morgan fingerprint density at radius 2 is 1.68 bits per heavy atom. The molecule has 1 aromatic heterocycles. The number of unbranched alkanes of at least 4 members (excludes halogenated alkanes) is 1. The number of carbonyl (C=O) groups excluding carboxylic acids is 1. The van der Waals surface area contributed by atoms with Crippen LogP contribution in [0.1, 0.15) is 78.1 Å². The molecule has 166 valence electrons. The SMILES string of the molecule is CCCCN1CCCCCCCN(C(=O)c2ccncc2)c2ccc(C(=O)O)cc2C1. The van der Waals surface area contributed by atoms with Gasteiger partial charge in [-0.3, -0.25) is 14.7 Å². The lowest BCUT2D eigenvalue weighted by atomic mass is 10.0. The first-order valence-corrected chi connectivity index (χ1v) is 11.4. The Kier molecular flexibility index (Phi) is 8.59. The first-order chi connectivity index (χ1) is 15.1. The Labute approximate surface area is 184 Å². The van der Waals surface area contributed by atoms with E-state index in [0.717, 1.165) is 56.4 Å². The second-order valence-corrected chi connectivity index (χ2v) is 8.24. The summed E-state index contributed by atoms with van der Waals surface area (Å²) >= 11 is 0. The molecule has 1 amide bonds.